The second-order valence-corrected chi connectivity index (χ2v) is 6.31. The Kier molecular flexibility index (Phi) is 5.26. The Labute approximate surface area is 117 Å². The van der Waals surface area contributed by atoms with E-state index < -0.39 is 0 Å². The van der Waals surface area contributed by atoms with E-state index in [1.54, 1.807) is 0 Å². The van der Waals surface area contributed by atoms with Gasteiger partial charge in [0.05, 0.1) is 0 Å². The van der Waals surface area contributed by atoms with Crippen molar-refractivity contribution in [2.24, 2.45) is 17.8 Å². The van der Waals surface area contributed by atoms with Crippen LogP contribution in [-0.4, -0.2) is 36.6 Å². The number of nitrogens with zero attached hydrogens (tertiary/aromatic N) is 1. The molecule has 2 rings (SSSR count). The van der Waals surface area contributed by atoms with Gasteiger partial charge < -0.3 is 9.64 Å². The van der Waals surface area contributed by atoms with Crippen molar-refractivity contribution in [3.8, 4) is 0 Å². The molecule has 0 radical (unpaired) electrons. The molecule has 3 nitrogen and oxygen atoms in total. The summed E-state index contributed by atoms with van der Waals surface area (Å²) in [7, 11) is 0. The van der Waals surface area contributed by atoms with Crippen molar-refractivity contribution >= 4 is 5.91 Å². The monoisotopic (exact) mass is 267 g/mol. The summed E-state index contributed by atoms with van der Waals surface area (Å²) in [5.41, 5.74) is 0. The van der Waals surface area contributed by atoms with Crippen LogP contribution < -0.4 is 0 Å². The van der Waals surface area contributed by atoms with Crippen molar-refractivity contribution in [1.29, 1.82) is 0 Å². The van der Waals surface area contributed by atoms with Crippen molar-refractivity contribution in [2.45, 2.75) is 58.9 Å². The Morgan fingerprint density at radius 3 is 2.53 bits per heavy atom. The maximum absolute atomic E-state index is 12.8. The zero-order chi connectivity index (χ0) is 13.8. The zero-order valence-corrected chi connectivity index (χ0v) is 12.7. The Morgan fingerprint density at radius 1 is 1.32 bits per heavy atom. The molecule has 1 amide bonds. The first kappa shape index (κ1) is 14.8. The molecule has 0 N–H and O–H groups in total. The third kappa shape index (κ3) is 3.31. The number of hydrogen-bond donors (Lipinski definition) is 0. The second kappa shape index (κ2) is 6.74. The number of ether oxygens (including phenoxy) is 1. The van der Waals surface area contributed by atoms with E-state index in [9.17, 15) is 4.79 Å². The molecule has 2 aliphatic rings. The molecular weight excluding hydrogens is 238 g/mol. The van der Waals surface area contributed by atoms with E-state index in [0.717, 1.165) is 39.0 Å². The molecule has 3 heteroatoms. The molecule has 0 aliphatic carbocycles. The van der Waals surface area contributed by atoms with Crippen LogP contribution >= 0.6 is 0 Å². The van der Waals surface area contributed by atoms with Crippen molar-refractivity contribution in [1.82, 2.24) is 4.90 Å². The van der Waals surface area contributed by atoms with Crippen LogP contribution in [0.4, 0.5) is 0 Å². The van der Waals surface area contributed by atoms with Gasteiger partial charge in [0, 0.05) is 31.7 Å². The van der Waals surface area contributed by atoms with E-state index in [-0.39, 0.29) is 5.92 Å². The van der Waals surface area contributed by atoms with Gasteiger partial charge in [0.25, 0.3) is 0 Å². The smallest absolute Gasteiger partial charge is 0.226 e. The maximum Gasteiger partial charge on any atom is 0.226 e. The highest BCUT2D eigenvalue weighted by molar-refractivity contribution is 5.79. The fraction of sp³-hybridized carbons (Fsp3) is 0.938. The molecule has 0 bridgehead atoms. The van der Waals surface area contributed by atoms with Gasteiger partial charge in [0.1, 0.15) is 0 Å². The third-order valence-electron chi connectivity index (χ3n) is 5.11. The van der Waals surface area contributed by atoms with Crippen LogP contribution in [-0.2, 0) is 9.53 Å². The molecule has 0 aromatic rings. The van der Waals surface area contributed by atoms with Gasteiger partial charge in [-0.25, -0.2) is 0 Å². The summed E-state index contributed by atoms with van der Waals surface area (Å²) < 4.78 is 5.43. The first-order chi connectivity index (χ1) is 9.17. The average Bonchev–Trinajstić information content (AvgIpc) is 2.82. The summed E-state index contributed by atoms with van der Waals surface area (Å²) in [6, 6.07) is 0.436. The van der Waals surface area contributed by atoms with Gasteiger partial charge in [-0.15, -0.1) is 0 Å². The molecule has 2 saturated heterocycles. The summed E-state index contributed by atoms with van der Waals surface area (Å²) in [6.07, 6.45) is 5.48. The first-order valence-corrected chi connectivity index (χ1v) is 8.05. The first-order valence-electron chi connectivity index (χ1n) is 8.05. The van der Waals surface area contributed by atoms with E-state index in [2.05, 4.69) is 25.7 Å². The Bertz CT molecular complexity index is 299. The molecule has 19 heavy (non-hydrogen) atoms. The Hall–Kier alpha value is -0.570. The van der Waals surface area contributed by atoms with Crippen molar-refractivity contribution in [2.75, 3.05) is 19.8 Å². The normalized spacial score (nSPS) is 30.6. The van der Waals surface area contributed by atoms with Crippen molar-refractivity contribution in [3.05, 3.63) is 0 Å². The lowest BCUT2D eigenvalue weighted by Gasteiger charge is -2.33. The van der Waals surface area contributed by atoms with E-state index in [1.807, 2.05) is 0 Å². The molecule has 2 heterocycles. The predicted octanol–water partition coefficient (Wildman–Crippen LogP) is 3.09. The average molecular weight is 267 g/mol. The second-order valence-electron chi connectivity index (χ2n) is 6.31. The summed E-state index contributed by atoms with van der Waals surface area (Å²) in [6.45, 7) is 9.26. The summed E-state index contributed by atoms with van der Waals surface area (Å²) in [5.74, 6) is 1.89. The lowest BCUT2D eigenvalue weighted by Crippen LogP contribution is -2.42. The number of rotatable bonds is 4. The highest BCUT2D eigenvalue weighted by Gasteiger charge is 2.37. The van der Waals surface area contributed by atoms with Crippen LogP contribution in [0, 0.1) is 17.8 Å². The molecule has 0 aromatic carbocycles. The lowest BCUT2D eigenvalue weighted by molar-refractivity contribution is -0.139. The quantitative estimate of drug-likeness (QED) is 0.783. The Balaban J connectivity index is 1.99. The van der Waals surface area contributed by atoms with Crippen LogP contribution in [0.25, 0.3) is 0 Å². The van der Waals surface area contributed by atoms with Crippen LogP contribution in [0.2, 0.25) is 0 Å². The largest absolute Gasteiger partial charge is 0.381 e. The van der Waals surface area contributed by atoms with Gasteiger partial charge >= 0.3 is 0 Å². The highest BCUT2D eigenvalue weighted by atomic mass is 16.5. The Morgan fingerprint density at radius 2 is 2.00 bits per heavy atom. The minimum absolute atomic E-state index is 0.224. The van der Waals surface area contributed by atoms with Crippen molar-refractivity contribution in [3.63, 3.8) is 0 Å². The fourth-order valence-electron chi connectivity index (χ4n) is 3.79. The molecule has 3 atom stereocenters. The van der Waals surface area contributed by atoms with E-state index >= 15 is 0 Å². The zero-order valence-electron chi connectivity index (χ0n) is 12.7. The third-order valence-corrected chi connectivity index (χ3v) is 5.11. The topological polar surface area (TPSA) is 29.5 Å². The number of hydrogen-bond acceptors (Lipinski definition) is 2. The van der Waals surface area contributed by atoms with Gasteiger partial charge in [-0.1, -0.05) is 20.3 Å². The van der Waals surface area contributed by atoms with Gasteiger partial charge in [-0.05, 0) is 44.4 Å². The number of carbonyl (C=O) groups excluding carboxylic acids is 1. The molecule has 2 aliphatic heterocycles. The fourth-order valence-corrected chi connectivity index (χ4v) is 3.79. The number of carbonyl (C=O) groups is 1. The lowest BCUT2D eigenvalue weighted by atomic mass is 9.83. The van der Waals surface area contributed by atoms with Crippen molar-refractivity contribution < 1.29 is 9.53 Å². The van der Waals surface area contributed by atoms with E-state index in [1.165, 1.54) is 12.8 Å². The van der Waals surface area contributed by atoms with Gasteiger partial charge in [-0.3, -0.25) is 4.79 Å². The molecule has 0 spiro atoms. The molecule has 110 valence electrons. The molecule has 2 fully saturated rings. The van der Waals surface area contributed by atoms with Crippen LogP contribution in [0.15, 0.2) is 0 Å². The molecular formula is C16H29NO2. The van der Waals surface area contributed by atoms with Crippen LogP contribution in [0.1, 0.15) is 52.9 Å². The summed E-state index contributed by atoms with van der Waals surface area (Å²) in [5, 5.41) is 0. The van der Waals surface area contributed by atoms with E-state index in [4.69, 9.17) is 4.74 Å². The van der Waals surface area contributed by atoms with Crippen LogP contribution in [0.3, 0.4) is 0 Å². The number of likely N-dealkylation sites (tertiary alicyclic amines) is 1. The highest BCUT2D eigenvalue weighted by Crippen LogP contribution is 2.32. The number of amides is 1. The molecule has 0 aromatic heterocycles. The molecule has 0 saturated carbocycles. The minimum Gasteiger partial charge on any atom is -0.381 e. The van der Waals surface area contributed by atoms with E-state index in [0.29, 0.717) is 23.8 Å². The van der Waals surface area contributed by atoms with Crippen LogP contribution in [0.5, 0.6) is 0 Å². The van der Waals surface area contributed by atoms with Gasteiger partial charge in [-0.2, -0.15) is 0 Å². The van der Waals surface area contributed by atoms with Gasteiger partial charge in [0.2, 0.25) is 5.91 Å². The maximum atomic E-state index is 12.8. The summed E-state index contributed by atoms with van der Waals surface area (Å²) in [4.78, 5) is 15.0. The summed E-state index contributed by atoms with van der Waals surface area (Å²) >= 11 is 0. The minimum atomic E-state index is 0.224. The van der Waals surface area contributed by atoms with Gasteiger partial charge in [0.15, 0.2) is 0 Å². The standard InChI is InChI=1S/C16H29NO2/c1-4-13-10-12(3)17(11-13)16(18)15(5-2)14-6-8-19-9-7-14/h12-15H,4-11H2,1-3H3/t12-,13?,15?/m1/s1. The molecule has 2 unspecified atom stereocenters. The SMILES string of the molecule is CCC1C[C@@H](C)N(C(=O)C(CC)C2CCOCC2)C1. The predicted molar refractivity (Wildman–Crippen MR) is 76.9 cm³/mol.